The highest BCUT2D eigenvalue weighted by molar-refractivity contribution is 5.98. The maximum absolute atomic E-state index is 12.3. The third kappa shape index (κ3) is 4.16. The summed E-state index contributed by atoms with van der Waals surface area (Å²) in [4.78, 5) is 12.3. The summed E-state index contributed by atoms with van der Waals surface area (Å²) in [6.45, 7) is 9.01. The Morgan fingerprint density at radius 2 is 2.00 bits per heavy atom. The Kier molecular flexibility index (Phi) is 5.58. The fourth-order valence-corrected chi connectivity index (χ4v) is 3.45. The second-order valence-electron chi connectivity index (χ2n) is 6.91. The van der Waals surface area contributed by atoms with Crippen molar-refractivity contribution in [3.63, 3.8) is 0 Å². The van der Waals surface area contributed by atoms with E-state index in [1.807, 2.05) is 31.2 Å². The molecule has 0 aromatic heterocycles. The molecule has 1 aromatic carbocycles. The highest BCUT2D eigenvalue weighted by atomic mass is 16.5. The van der Waals surface area contributed by atoms with Gasteiger partial charge in [0.1, 0.15) is 6.61 Å². The lowest BCUT2D eigenvalue weighted by molar-refractivity contribution is -0.0309. The van der Waals surface area contributed by atoms with E-state index in [4.69, 9.17) is 4.74 Å². The molecule has 0 N–H and O–H groups in total. The van der Waals surface area contributed by atoms with Gasteiger partial charge < -0.3 is 4.74 Å². The van der Waals surface area contributed by atoms with E-state index < -0.39 is 0 Å². The Morgan fingerprint density at radius 1 is 1.29 bits per heavy atom. The topological polar surface area (TPSA) is 26.3 Å². The number of carbonyl (C=O) groups excluding carboxylic acids is 1. The first-order chi connectivity index (χ1) is 9.99. The molecule has 0 spiro atoms. The van der Waals surface area contributed by atoms with Crippen LogP contribution in [0.2, 0.25) is 0 Å². The molecule has 0 radical (unpaired) electrons. The molecule has 0 bridgehead atoms. The maximum Gasteiger partial charge on any atom is 0.188 e. The quantitative estimate of drug-likeness (QED) is 0.737. The highest BCUT2D eigenvalue weighted by Crippen LogP contribution is 2.35. The molecule has 116 valence electrons. The van der Waals surface area contributed by atoms with Crippen LogP contribution in [-0.2, 0) is 4.74 Å². The van der Waals surface area contributed by atoms with E-state index >= 15 is 0 Å². The third-order valence-corrected chi connectivity index (χ3v) is 4.84. The Bertz CT molecular complexity index is 478. The summed E-state index contributed by atoms with van der Waals surface area (Å²) in [6, 6.07) is 7.75. The molecule has 1 aliphatic carbocycles. The van der Waals surface area contributed by atoms with Crippen LogP contribution in [-0.4, -0.2) is 18.5 Å². The first-order valence-electron chi connectivity index (χ1n) is 8.19. The normalized spacial score (nSPS) is 26.0. The number of benzene rings is 1. The molecule has 1 fully saturated rings. The molecular formula is C19H28O2. The summed E-state index contributed by atoms with van der Waals surface area (Å²) in [5.41, 5.74) is 1.82. The lowest BCUT2D eigenvalue weighted by Crippen LogP contribution is -2.35. The summed E-state index contributed by atoms with van der Waals surface area (Å²) < 4.78 is 6.05. The van der Waals surface area contributed by atoms with Crippen molar-refractivity contribution in [1.82, 2.24) is 0 Å². The van der Waals surface area contributed by atoms with Crippen molar-refractivity contribution in [1.29, 1.82) is 0 Å². The van der Waals surface area contributed by atoms with Crippen LogP contribution in [0.4, 0.5) is 0 Å². The van der Waals surface area contributed by atoms with Crippen LogP contribution >= 0.6 is 0 Å². The van der Waals surface area contributed by atoms with Gasteiger partial charge in [-0.3, -0.25) is 4.79 Å². The van der Waals surface area contributed by atoms with Crippen LogP contribution < -0.4 is 0 Å². The highest BCUT2D eigenvalue weighted by Gasteiger charge is 2.31. The molecular weight excluding hydrogens is 260 g/mol. The molecule has 3 atom stereocenters. The predicted molar refractivity (Wildman–Crippen MR) is 86.6 cm³/mol. The molecule has 1 aliphatic rings. The van der Waals surface area contributed by atoms with Crippen LogP contribution in [0.25, 0.3) is 0 Å². The number of hydrogen-bond acceptors (Lipinski definition) is 2. The van der Waals surface area contributed by atoms with Crippen LogP contribution in [0, 0.1) is 24.7 Å². The van der Waals surface area contributed by atoms with Crippen LogP contribution in [0.5, 0.6) is 0 Å². The Morgan fingerprint density at radius 3 is 2.67 bits per heavy atom. The zero-order chi connectivity index (χ0) is 15.4. The van der Waals surface area contributed by atoms with Gasteiger partial charge in [0.25, 0.3) is 0 Å². The minimum Gasteiger partial charge on any atom is -0.370 e. The minimum atomic E-state index is 0.105. The molecule has 0 saturated heterocycles. The van der Waals surface area contributed by atoms with E-state index in [2.05, 4.69) is 20.8 Å². The molecule has 1 saturated carbocycles. The number of ketones is 1. The van der Waals surface area contributed by atoms with Gasteiger partial charge in [-0.1, -0.05) is 51.5 Å². The maximum atomic E-state index is 12.3. The van der Waals surface area contributed by atoms with E-state index in [0.29, 0.717) is 17.8 Å². The summed E-state index contributed by atoms with van der Waals surface area (Å²) in [7, 11) is 0. The first-order valence-corrected chi connectivity index (χ1v) is 8.19. The smallest absolute Gasteiger partial charge is 0.188 e. The van der Waals surface area contributed by atoms with Gasteiger partial charge >= 0.3 is 0 Å². The average molecular weight is 288 g/mol. The standard InChI is InChI=1S/C19H28O2/c1-13(2)16-10-9-14(3)11-19(16)21-12-18(20)17-8-6-5-7-15(17)4/h5-8,13-14,16,19H,9-12H2,1-4H3. The molecule has 3 unspecified atom stereocenters. The second kappa shape index (κ2) is 7.22. The second-order valence-corrected chi connectivity index (χ2v) is 6.91. The molecule has 0 amide bonds. The number of Topliss-reactive ketones (excluding diaryl/α,β-unsaturated/α-hetero) is 1. The van der Waals surface area contributed by atoms with Crippen molar-refractivity contribution in [2.75, 3.05) is 6.61 Å². The zero-order valence-electron chi connectivity index (χ0n) is 13.8. The summed E-state index contributed by atoms with van der Waals surface area (Å²) >= 11 is 0. The first kappa shape index (κ1) is 16.2. The van der Waals surface area contributed by atoms with Gasteiger partial charge in [0.15, 0.2) is 5.78 Å². The van der Waals surface area contributed by atoms with Crippen molar-refractivity contribution >= 4 is 5.78 Å². The zero-order valence-corrected chi connectivity index (χ0v) is 13.8. The Hall–Kier alpha value is -1.15. The summed E-state index contributed by atoms with van der Waals surface area (Å²) in [6.07, 6.45) is 3.84. The van der Waals surface area contributed by atoms with E-state index in [-0.39, 0.29) is 18.5 Å². The predicted octanol–water partition coefficient (Wildman–Crippen LogP) is 4.66. The van der Waals surface area contributed by atoms with Crippen molar-refractivity contribution in [3.8, 4) is 0 Å². The van der Waals surface area contributed by atoms with Gasteiger partial charge in [-0.25, -0.2) is 0 Å². The average Bonchev–Trinajstić information content (AvgIpc) is 2.45. The number of rotatable bonds is 5. The largest absolute Gasteiger partial charge is 0.370 e. The van der Waals surface area contributed by atoms with Gasteiger partial charge in [0.05, 0.1) is 6.10 Å². The van der Waals surface area contributed by atoms with Gasteiger partial charge in [-0.2, -0.15) is 0 Å². The molecule has 0 aliphatic heterocycles. The number of ether oxygens (including phenoxy) is 1. The molecule has 21 heavy (non-hydrogen) atoms. The van der Waals surface area contributed by atoms with Gasteiger partial charge in [-0.05, 0) is 43.1 Å². The van der Waals surface area contributed by atoms with E-state index in [0.717, 1.165) is 17.5 Å². The van der Waals surface area contributed by atoms with Crippen molar-refractivity contribution in [2.24, 2.45) is 17.8 Å². The molecule has 2 rings (SSSR count). The summed E-state index contributed by atoms with van der Waals surface area (Å²) in [5, 5.41) is 0. The molecule has 1 aromatic rings. The van der Waals surface area contributed by atoms with Crippen molar-refractivity contribution in [3.05, 3.63) is 35.4 Å². The lowest BCUT2D eigenvalue weighted by atomic mass is 9.75. The van der Waals surface area contributed by atoms with Crippen LogP contribution in [0.3, 0.4) is 0 Å². The van der Waals surface area contributed by atoms with E-state index in [9.17, 15) is 4.79 Å². The van der Waals surface area contributed by atoms with E-state index in [1.165, 1.54) is 12.8 Å². The SMILES string of the molecule is Cc1ccccc1C(=O)COC1CC(C)CCC1C(C)C. The summed E-state index contributed by atoms with van der Waals surface area (Å²) in [5.74, 6) is 2.02. The van der Waals surface area contributed by atoms with Crippen molar-refractivity contribution < 1.29 is 9.53 Å². The number of aryl methyl sites for hydroxylation is 1. The Balaban J connectivity index is 1.97. The van der Waals surface area contributed by atoms with Gasteiger partial charge in [0, 0.05) is 5.56 Å². The number of carbonyl (C=O) groups is 1. The minimum absolute atomic E-state index is 0.105. The molecule has 0 heterocycles. The lowest BCUT2D eigenvalue weighted by Gasteiger charge is -2.37. The molecule has 2 heteroatoms. The van der Waals surface area contributed by atoms with Crippen LogP contribution in [0.15, 0.2) is 24.3 Å². The Labute approximate surface area is 128 Å². The van der Waals surface area contributed by atoms with Gasteiger partial charge in [0.2, 0.25) is 0 Å². The third-order valence-electron chi connectivity index (χ3n) is 4.84. The number of hydrogen-bond donors (Lipinski definition) is 0. The monoisotopic (exact) mass is 288 g/mol. The van der Waals surface area contributed by atoms with Crippen LogP contribution in [0.1, 0.15) is 56.0 Å². The van der Waals surface area contributed by atoms with Crippen molar-refractivity contribution in [2.45, 2.75) is 53.1 Å². The van der Waals surface area contributed by atoms with Gasteiger partial charge in [-0.15, -0.1) is 0 Å². The molecule has 2 nitrogen and oxygen atoms in total. The fraction of sp³-hybridized carbons (Fsp3) is 0.632. The van der Waals surface area contributed by atoms with E-state index in [1.54, 1.807) is 0 Å². The fourth-order valence-electron chi connectivity index (χ4n) is 3.45.